The van der Waals surface area contributed by atoms with Crippen molar-refractivity contribution < 1.29 is 14.0 Å². The second kappa shape index (κ2) is 7.22. The highest BCUT2D eigenvalue weighted by molar-refractivity contribution is 5.90. The predicted molar refractivity (Wildman–Crippen MR) is 97.7 cm³/mol. The topological polar surface area (TPSA) is 40.6 Å². The van der Waals surface area contributed by atoms with Crippen molar-refractivity contribution in [3.8, 4) is 0 Å². The predicted octanol–water partition coefficient (Wildman–Crippen LogP) is 3.23. The van der Waals surface area contributed by atoms with Gasteiger partial charge in [0.15, 0.2) is 0 Å². The van der Waals surface area contributed by atoms with Crippen LogP contribution in [0.2, 0.25) is 0 Å². The van der Waals surface area contributed by atoms with Crippen molar-refractivity contribution in [2.45, 2.75) is 44.6 Å². The van der Waals surface area contributed by atoms with E-state index in [1.807, 2.05) is 9.80 Å². The van der Waals surface area contributed by atoms with Crippen molar-refractivity contribution in [2.75, 3.05) is 19.6 Å². The SMILES string of the molecule is O=C([C@H]1CC(=O)N(C2CCCC2)C1)N1CC=C(c2ccc(F)cc2)CC1. The maximum atomic E-state index is 13.1. The Morgan fingerprint density at radius 1 is 1.12 bits per heavy atom. The molecule has 5 heteroatoms. The highest BCUT2D eigenvalue weighted by atomic mass is 19.1. The molecule has 2 heterocycles. The van der Waals surface area contributed by atoms with Gasteiger partial charge in [0.25, 0.3) is 0 Å². The second-order valence-electron chi connectivity index (χ2n) is 7.66. The number of carbonyl (C=O) groups excluding carboxylic acids is 2. The van der Waals surface area contributed by atoms with Crippen molar-refractivity contribution in [3.05, 3.63) is 41.7 Å². The third-order valence-corrected chi connectivity index (χ3v) is 6.01. The van der Waals surface area contributed by atoms with Crippen LogP contribution in [0.5, 0.6) is 0 Å². The Hall–Kier alpha value is -2.17. The first-order chi connectivity index (χ1) is 12.6. The van der Waals surface area contributed by atoms with E-state index in [0.29, 0.717) is 32.1 Å². The zero-order chi connectivity index (χ0) is 18.1. The molecule has 2 fully saturated rings. The molecule has 0 unspecified atom stereocenters. The van der Waals surface area contributed by atoms with Gasteiger partial charge in [-0.2, -0.15) is 0 Å². The normalized spacial score (nSPS) is 24.3. The first-order valence-electron chi connectivity index (χ1n) is 9.65. The van der Waals surface area contributed by atoms with Gasteiger partial charge in [-0.15, -0.1) is 0 Å². The van der Waals surface area contributed by atoms with E-state index in [2.05, 4.69) is 6.08 Å². The van der Waals surface area contributed by atoms with Crippen LogP contribution < -0.4 is 0 Å². The van der Waals surface area contributed by atoms with Crippen LogP contribution in [-0.4, -0.2) is 47.3 Å². The molecule has 26 heavy (non-hydrogen) atoms. The van der Waals surface area contributed by atoms with Crippen LogP contribution in [-0.2, 0) is 9.59 Å². The minimum Gasteiger partial charge on any atom is -0.339 e. The number of amides is 2. The highest BCUT2D eigenvalue weighted by Gasteiger charge is 2.40. The molecule has 4 rings (SSSR count). The Kier molecular flexibility index (Phi) is 4.79. The molecule has 0 radical (unpaired) electrons. The molecule has 2 aliphatic heterocycles. The molecule has 0 bridgehead atoms. The van der Waals surface area contributed by atoms with E-state index in [1.165, 1.54) is 25.0 Å². The minimum atomic E-state index is -0.236. The molecule has 3 aliphatic rings. The van der Waals surface area contributed by atoms with Gasteiger partial charge in [-0.25, -0.2) is 4.39 Å². The lowest BCUT2D eigenvalue weighted by Crippen LogP contribution is -2.40. The van der Waals surface area contributed by atoms with Crippen molar-refractivity contribution >= 4 is 17.4 Å². The van der Waals surface area contributed by atoms with Crippen molar-refractivity contribution in [1.82, 2.24) is 9.80 Å². The molecule has 2 amide bonds. The average Bonchev–Trinajstić information content (AvgIpc) is 3.31. The molecule has 0 spiro atoms. The van der Waals surface area contributed by atoms with Crippen LogP contribution in [0.4, 0.5) is 4.39 Å². The van der Waals surface area contributed by atoms with Crippen LogP contribution in [0.25, 0.3) is 5.57 Å². The molecular formula is C21H25FN2O2. The molecule has 0 N–H and O–H groups in total. The smallest absolute Gasteiger partial charge is 0.228 e. The summed E-state index contributed by atoms with van der Waals surface area (Å²) in [5.74, 6) is -0.174. The van der Waals surface area contributed by atoms with E-state index in [0.717, 1.165) is 30.4 Å². The molecule has 1 atom stereocenters. The molecule has 1 aliphatic carbocycles. The number of rotatable bonds is 3. The van der Waals surface area contributed by atoms with Gasteiger partial charge in [-0.3, -0.25) is 9.59 Å². The average molecular weight is 356 g/mol. The molecule has 1 aromatic carbocycles. The van der Waals surface area contributed by atoms with Crippen LogP contribution >= 0.6 is 0 Å². The lowest BCUT2D eigenvalue weighted by Gasteiger charge is -2.29. The van der Waals surface area contributed by atoms with Crippen molar-refractivity contribution in [3.63, 3.8) is 0 Å². The Bertz CT molecular complexity index is 722. The zero-order valence-electron chi connectivity index (χ0n) is 15.0. The summed E-state index contributed by atoms with van der Waals surface area (Å²) >= 11 is 0. The lowest BCUT2D eigenvalue weighted by atomic mass is 9.98. The van der Waals surface area contributed by atoms with Gasteiger partial charge in [-0.05, 0) is 42.5 Å². The fraction of sp³-hybridized carbons (Fsp3) is 0.524. The number of likely N-dealkylation sites (tertiary alicyclic amines) is 1. The summed E-state index contributed by atoms with van der Waals surface area (Å²) in [5, 5.41) is 0. The third-order valence-electron chi connectivity index (χ3n) is 6.01. The van der Waals surface area contributed by atoms with Crippen LogP contribution in [0.15, 0.2) is 30.3 Å². The van der Waals surface area contributed by atoms with E-state index in [-0.39, 0.29) is 23.5 Å². The summed E-state index contributed by atoms with van der Waals surface area (Å²) in [5.41, 5.74) is 2.17. The minimum absolute atomic E-state index is 0.105. The lowest BCUT2D eigenvalue weighted by molar-refractivity contribution is -0.135. The van der Waals surface area contributed by atoms with Crippen molar-refractivity contribution in [1.29, 1.82) is 0 Å². The Morgan fingerprint density at radius 3 is 2.50 bits per heavy atom. The molecule has 138 valence electrons. The van der Waals surface area contributed by atoms with E-state index in [1.54, 1.807) is 12.1 Å². The third kappa shape index (κ3) is 3.39. The second-order valence-corrected chi connectivity index (χ2v) is 7.66. The standard InChI is InChI=1S/C21H25FN2O2/c22-18-7-5-15(6-8-18)16-9-11-23(12-10-16)21(26)17-13-20(25)24(14-17)19-3-1-2-4-19/h5-9,17,19H,1-4,10-14H2/t17-/m0/s1. The van der Waals surface area contributed by atoms with Gasteiger partial charge >= 0.3 is 0 Å². The first-order valence-corrected chi connectivity index (χ1v) is 9.65. The molecule has 4 nitrogen and oxygen atoms in total. The number of halogens is 1. The summed E-state index contributed by atoms with van der Waals surface area (Å²) in [6, 6.07) is 6.86. The summed E-state index contributed by atoms with van der Waals surface area (Å²) in [6.07, 6.45) is 7.73. The molecule has 1 aromatic rings. The molecular weight excluding hydrogens is 331 g/mol. The number of hydrogen-bond donors (Lipinski definition) is 0. The number of nitrogens with zero attached hydrogens (tertiary/aromatic N) is 2. The largest absolute Gasteiger partial charge is 0.339 e. The fourth-order valence-electron chi connectivity index (χ4n) is 4.52. The van der Waals surface area contributed by atoms with Gasteiger partial charge in [0.2, 0.25) is 11.8 Å². The van der Waals surface area contributed by atoms with E-state index in [9.17, 15) is 14.0 Å². The fourth-order valence-corrected chi connectivity index (χ4v) is 4.52. The number of carbonyl (C=O) groups is 2. The number of hydrogen-bond acceptors (Lipinski definition) is 2. The van der Waals surface area contributed by atoms with Crippen LogP contribution in [0.3, 0.4) is 0 Å². The summed E-state index contributed by atoms with van der Waals surface area (Å²) in [6.45, 7) is 1.82. The van der Waals surface area contributed by atoms with E-state index < -0.39 is 0 Å². The van der Waals surface area contributed by atoms with Gasteiger partial charge in [0, 0.05) is 32.1 Å². The van der Waals surface area contributed by atoms with Crippen molar-refractivity contribution in [2.24, 2.45) is 5.92 Å². The molecule has 1 saturated heterocycles. The summed E-state index contributed by atoms with van der Waals surface area (Å²) in [4.78, 5) is 29.0. The van der Waals surface area contributed by atoms with Gasteiger partial charge in [-0.1, -0.05) is 31.1 Å². The summed E-state index contributed by atoms with van der Waals surface area (Å²) < 4.78 is 13.1. The maximum Gasteiger partial charge on any atom is 0.228 e. The number of benzene rings is 1. The quantitative estimate of drug-likeness (QED) is 0.834. The van der Waals surface area contributed by atoms with Gasteiger partial charge < -0.3 is 9.80 Å². The van der Waals surface area contributed by atoms with Gasteiger partial charge in [0.05, 0.1) is 5.92 Å². The zero-order valence-corrected chi connectivity index (χ0v) is 15.0. The first kappa shape index (κ1) is 17.3. The monoisotopic (exact) mass is 356 g/mol. The highest BCUT2D eigenvalue weighted by Crippen LogP contribution is 2.31. The van der Waals surface area contributed by atoms with E-state index >= 15 is 0 Å². The molecule has 0 aromatic heterocycles. The Labute approximate surface area is 153 Å². The Morgan fingerprint density at radius 2 is 1.85 bits per heavy atom. The van der Waals surface area contributed by atoms with Gasteiger partial charge in [0.1, 0.15) is 5.82 Å². The Balaban J connectivity index is 1.37. The maximum absolute atomic E-state index is 13.1. The molecule has 1 saturated carbocycles. The van der Waals surface area contributed by atoms with Crippen LogP contribution in [0, 0.1) is 11.7 Å². The van der Waals surface area contributed by atoms with E-state index in [4.69, 9.17) is 0 Å². The summed E-state index contributed by atoms with van der Waals surface area (Å²) in [7, 11) is 0. The van der Waals surface area contributed by atoms with Crippen LogP contribution in [0.1, 0.15) is 44.1 Å².